The van der Waals surface area contributed by atoms with Gasteiger partial charge in [-0.3, -0.25) is 4.79 Å². The SMILES string of the molecule is NC(=O)c1ccoc1CNC[C@H](O)[CH]Cc1ccccc1. The summed E-state index contributed by atoms with van der Waals surface area (Å²) in [4.78, 5) is 11.1. The number of primary amides is 1. The zero-order valence-corrected chi connectivity index (χ0v) is 11.7. The fourth-order valence-corrected chi connectivity index (χ4v) is 2.00. The summed E-state index contributed by atoms with van der Waals surface area (Å²) in [7, 11) is 0. The van der Waals surface area contributed by atoms with Crippen LogP contribution < -0.4 is 11.1 Å². The number of furan rings is 1. The molecule has 0 saturated heterocycles. The van der Waals surface area contributed by atoms with Gasteiger partial charge in [0.1, 0.15) is 5.76 Å². The van der Waals surface area contributed by atoms with Crippen molar-refractivity contribution in [2.24, 2.45) is 5.73 Å². The summed E-state index contributed by atoms with van der Waals surface area (Å²) >= 11 is 0. The second kappa shape index (κ2) is 7.61. The monoisotopic (exact) mass is 287 g/mol. The molecule has 1 heterocycles. The number of nitrogens with two attached hydrogens (primary N) is 1. The lowest BCUT2D eigenvalue weighted by Crippen LogP contribution is -2.28. The Balaban J connectivity index is 1.70. The molecule has 0 aliphatic heterocycles. The van der Waals surface area contributed by atoms with E-state index in [1.165, 1.54) is 12.3 Å². The molecular formula is C16H19N2O3. The summed E-state index contributed by atoms with van der Waals surface area (Å²) in [5.41, 5.74) is 6.74. The number of rotatable bonds is 8. The zero-order chi connectivity index (χ0) is 15.1. The Kier molecular flexibility index (Phi) is 5.54. The molecule has 1 amide bonds. The third-order valence-electron chi connectivity index (χ3n) is 3.12. The number of carbonyl (C=O) groups is 1. The second-order valence-corrected chi connectivity index (χ2v) is 4.75. The third-order valence-corrected chi connectivity index (χ3v) is 3.12. The molecule has 2 aromatic rings. The van der Waals surface area contributed by atoms with E-state index in [1.54, 1.807) is 0 Å². The van der Waals surface area contributed by atoms with E-state index in [-0.39, 0.29) is 0 Å². The van der Waals surface area contributed by atoms with Crippen LogP contribution in [-0.4, -0.2) is 23.7 Å². The summed E-state index contributed by atoms with van der Waals surface area (Å²) in [5.74, 6) is -0.0329. The normalized spacial score (nSPS) is 12.2. The van der Waals surface area contributed by atoms with Crippen LogP contribution in [0, 0.1) is 6.42 Å². The van der Waals surface area contributed by atoms with Crippen molar-refractivity contribution in [3.63, 3.8) is 0 Å². The zero-order valence-electron chi connectivity index (χ0n) is 11.7. The van der Waals surface area contributed by atoms with E-state index in [4.69, 9.17) is 10.2 Å². The van der Waals surface area contributed by atoms with Crippen LogP contribution in [0.3, 0.4) is 0 Å². The van der Waals surface area contributed by atoms with Gasteiger partial charge in [0.2, 0.25) is 0 Å². The lowest BCUT2D eigenvalue weighted by molar-refractivity contribution is 0.0998. The van der Waals surface area contributed by atoms with E-state index in [0.29, 0.717) is 30.8 Å². The number of hydrogen-bond acceptors (Lipinski definition) is 4. The maximum atomic E-state index is 11.1. The first-order chi connectivity index (χ1) is 10.2. The molecule has 0 fully saturated rings. The van der Waals surface area contributed by atoms with Crippen molar-refractivity contribution in [3.05, 3.63) is 66.0 Å². The maximum absolute atomic E-state index is 11.1. The van der Waals surface area contributed by atoms with Crippen LogP contribution >= 0.6 is 0 Å². The van der Waals surface area contributed by atoms with Gasteiger partial charge in [-0.2, -0.15) is 0 Å². The molecule has 1 aromatic heterocycles. The van der Waals surface area contributed by atoms with E-state index >= 15 is 0 Å². The highest BCUT2D eigenvalue weighted by atomic mass is 16.3. The van der Waals surface area contributed by atoms with Crippen molar-refractivity contribution in [1.29, 1.82) is 0 Å². The lowest BCUT2D eigenvalue weighted by atomic mass is 10.1. The molecule has 0 aliphatic carbocycles. The first-order valence-electron chi connectivity index (χ1n) is 6.79. The Labute approximate surface area is 123 Å². The van der Waals surface area contributed by atoms with Crippen LogP contribution in [0.15, 0.2) is 47.1 Å². The number of nitrogens with one attached hydrogen (secondary N) is 1. The van der Waals surface area contributed by atoms with Gasteiger partial charge in [0.15, 0.2) is 0 Å². The maximum Gasteiger partial charge on any atom is 0.252 e. The molecule has 2 rings (SSSR count). The molecule has 5 nitrogen and oxygen atoms in total. The predicted octanol–water partition coefficient (Wildman–Crippen LogP) is 1.28. The summed E-state index contributed by atoms with van der Waals surface area (Å²) in [6, 6.07) is 11.5. The van der Waals surface area contributed by atoms with Crippen LogP contribution in [0.1, 0.15) is 21.7 Å². The first kappa shape index (κ1) is 15.3. The number of benzene rings is 1. The Morgan fingerprint density at radius 1 is 1.33 bits per heavy atom. The molecular weight excluding hydrogens is 268 g/mol. The van der Waals surface area contributed by atoms with Crippen molar-refractivity contribution < 1.29 is 14.3 Å². The molecule has 111 valence electrons. The van der Waals surface area contributed by atoms with Crippen molar-refractivity contribution in [2.45, 2.75) is 19.1 Å². The highest BCUT2D eigenvalue weighted by Crippen LogP contribution is 2.09. The Morgan fingerprint density at radius 3 is 2.81 bits per heavy atom. The third kappa shape index (κ3) is 4.73. The summed E-state index contributed by atoms with van der Waals surface area (Å²) in [6.07, 6.45) is 3.39. The Hall–Kier alpha value is -2.11. The topological polar surface area (TPSA) is 88.5 Å². The van der Waals surface area contributed by atoms with Gasteiger partial charge in [-0.05, 0) is 24.5 Å². The second-order valence-electron chi connectivity index (χ2n) is 4.75. The molecule has 0 bridgehead atoms. The number of hydrogen-bond donors (Lipinski definition) is 3. The summed E-state index contributed by atoms with van der Waals surface area (Å²) in [6.45, 7) is 0.729. The van der Waals surface area contributed by atoms with Gasteiger partial charge in [0.25, 0.3) is 5.91 Å². The van der Waals surface area contributed by atoms with E-state index < -0.39 is 12.0 Å². The van der Waals surface area contributed by atoms with Gasteiger partial charge in [0.05, 0.1) is 24.5 Å². The van der Waals surface area contributed by atoms with Crippen molar-refractivity contribution in [2.75, 3.05) is 6.54 Å². The van der Waals surface area contributed by atoms with Gasteiger partial charge in [-0.1, -0.05) is 30.3 Å². The molecule has 0 spiro atoms. The van der Waals surface area contributed by atoms with E-state index in [1.807, 2.05) is 36.8 Å². The van der Waals surface area contributed by atoms with Gasteiger partial charge >= 0.3 is 0 Å². The molecule has 1 atom stereocenters. The minimum atomic E-state index is -0.572. The minimum absolute atomic E-state index is 0.349. The fourth-order valence-electron chi connectivity index (χ4n) is 2.00. The molecule has 1 radical (unpaired) electrons. The predicted molar refractivity (Wildman–Crippen MR) is 79.4 cm³/mol. The van der Waals surface area contributed by atoms with Gasteiger partial charge < -0.3 is 20.6 Å². The molecule has 1 aromatic carbocycles. The van der Waals surface area contributed by atoms with Gasteiger partial charge in [0, 0.05) is 6.54 Å². The van der Waals surface area contributed by atoms with Crippen molar-refractivity contribution >= 4 is 5.91 Å². The Morgan fingerprint density at radius 2 is 2.10 bits per heavy atom. The summed E-state index contributed by atoms with van der Waals surface area (Å²) < 4.78 is 5.18. The van der Waals surface area contributed by atoms with Gasteiger partial charge in [-0.25, -0.2) is 0 Å². The molecule has 0 unspecified atom stereocenters. The van der Waals surface area contributed by atoms with Crippen LogP contribution in [-0.2, 0) is 13.0 Å². The van der Waals surface area contributed by atoms with E-state index in [0.717, 1.165) is 5.56 Å². The average molecular weight is 287 g/mol. The van der Waals surface area contributed by atoms with Crippen LogP contribution in [0.2, 0.25) is 0 Å². The smallest absolute Gasteiger partial charge is 0.252 e. The number of aliphatic hydroxyl groups is 1. The molecule has 0 aliphatic rings. The fraction of sp³-hybridized carbons (Fsp3) is 0.250. The summed E-state index contributed by atoms with van der Waals surface area (Å²) in [5, 5.41) is 12.9. The minimum Gasteiger partial charge on any atom is -0.467 e. The molecule has 0 saturated carbocycles. The largest absolute Gasteiger partial charge is 0.467 e. The quantitative estimate of drug-likeness (QED) is 0.682. The van der Waals surface area contributed by atoms with Crippen molar-refractivity contribution in [3.8, 4) is 0 Å². The van der Waals surface area contributed by atoms with Crippen LogP contribution in [0.25, 0.3) is 0 Å². The van der Waals surface area contributed by atoms with E-state index in [2.05, 4.69) is 5.32 Å². The Bertz CT molecular complexity index is 566. The van der Waals surface area contributed by atoms with E-state index in [9.17, 15) is 9.90 Å². The van der Waals surface area contributed by atoms with Crippen LogP contribution in [0.5, 0.6) is 0 Å². The van der Waals surface area contributed by atoms with Crippen LogP contribution in [0.4, 0.5) is 0 Å². The molecule has 5 heteroatoms. The number of amides is 1. The van der Waals surface area contributed by atoms with Gasteiger partial charge in [-0.15, -0.1) is 0 Å². The van der Waals surface area contributed by atoms with Crippen molar-refractivity contribution in [1.82, 2.24) is 5.32 Å². The molecule has 21 heavy (non-hydrogen) atoms. The number of carbonyl (C=O) groups excluding carboxylic acids is 1. The molecule has 4 N–H and O–H groups in total. The highest BCUT2D eigenvalue weighted by Gasteiger charge is 2.12. The lowest BCUT2D eigenvalue weighted by Gasteiger charge is -2.11. The number of aliphatic hydroxyl groups excluding tert-OH is 1. The first-order valence-corrected chi connectivity index (χ1v) is 6.79. The standard InChI is InChI=1S/C16H19N2O3/c17-16(20)14-8-9-21-15(14)11-18-10-13(19)7-6-12-4-2-1-3-5-12/h1-5,7-9,13,18-19H,6,10-11H2,(H2,17,20)/t13-/m1/s1. The highest BCUT2D eigenvalue weighted by molar-refractivity contribution is 5.93. The average Bonchev–Trinajstić information content (AvgIpc) is 2.95.